The van der Waals surface area contributed by atoms with Crippen molar-refractivity contribution < 1.29 is 9.15 Å². The minimum Gasteiger partial charge on any atom is -0.469 e. The molecule has 1 aromatic rings. The Morgan fingerprint density at radius 3 is 2.68 bits per heavy atom. The Morgan fingerprint density at radius 2 is 2.04 bits per heavy atom. The quantitative estimate of drug-likeness (QED) is 0.399. The van der Waals surface area contributed by atoms with E-state index in [4.69, 9.17) is 9.15 Å². The first kappa shape index (κ1) is 20.6. The number of likely N-dealkylation sites (tertiary alicyclic amines) is 1. The summed E-state index contributed by atoms with van der Waals surface area (Å²) in [7, 11) is 1.86. The van der Waals surface area contributed by atoms with Gasteiger partial charge in [0.25, 0.3) is 0 Å². The fraction of sp³-hybridized carbons (Fsp3) is 0.737. The Labute approximate surface area is 168 Å². The summed E-state index contributed by atoms with van der Waals surface area (Å²) in [6.45, 7) is 3.87. The monoisotopic (exact) mass is 461 g/mol. The van der Waals surface area contributed by atoms with Crippen molar-refractivity contribution >= 4 is 29.9 Å². The second-order valence-electron chi connectivity index (χ2n) is 6.97. The Balaban J connectivity index is 0.00000225. The lowest BCUT2D eigenvalue weighted by Crippen LogP contribution is -2.47. The van der Waals surface area contributed by atoms with Crippen molar-refractivity contribution in [3.8, 4) is 0 Å². The average molecular weight is 461 g/mol. The van der Waals surface area contributed by atoms with E-state index >= 15 is 0 Å². The van der Waals surface area contributed by atoms with Crippen molar-refractivity contribution in [1.82, 2.24) is 10.2 Å². The minimum atomic E-state index is 0. The zero-order valence-electron chi connectivity index (χ0n) is 15.3. The molecule has 0 bridgehead atoms. The number of hydrogen-bond acceptors (Lipinski definition) is 3. The van der Waals surface area contributed by atoms with Crippen LogP contribution < -0.4 is 5.32 Å². The minimum absolute atomic E-state index is 0. The summed E-state index contributed by atoms with van der Waals surface area (Å²) in [5.41, 5.74) is 0. The molecule has 5 nitrogen and oxygen atoms in total. The summed E-state index contributed by atoms with van der Waals surface area (Å²) in [4.78, 5) is 6.77. The van der Waals surface area contributed by atoms with E-state index in [0.717, 1.165) is 63.1 Å². The molecule has 1 saturated heterocycles. The average Bonchev–Trinajstić information content (AvgIpc) is 3.31. The third-order valence-electron chi connectivity index (χ3n) is 5.23. The second-order valence-corrected chi connectivity index (χ2v) is 6.97. The molecular weight excluding hydrogens is 429 g/mol. The standard InChI is InChI=1S/C19H31N3O2.HI/c1-20-19(21-11-8-17-7-4-14-23-17)22-12-9-18(10-13-22)24-15-16-5-2-3-6-16;/h4,7,14,16,18H,2-3,5-6,8-13,15H2,1H3,(H,20,21);1H. The molecule has 1 N–H and O–H groups in total. The van der Waals surface area contributed by atoms with Crippen LogP contribution in [-0.2, 0) is 11.2 Å². The van der Waals surface area contributed by atoms with Crippen molar-refractivity contribution in [2.75, 3.05) is 33.3 Å². The molecule has 1 aliphatic heterocycles. The molecule has 2 heterocycles. The number of guanidine groups is 1. The van der Waals surface area contributed by atoms with Crippen LogP contribution in [0.2, 0.25) is 0 Å². The Bertz CT molecular complexity index is 493. The number of furan rings is 1. The van der Waals surface area contributed by atoms with Gasteiger partial charge in [0.05, 0.1) is 12.4 Å². The van der Waals surface area contributed by atoms with Gasteiger partial charge in [0.15, 0.2) is 5.96 Å². The lowest BCUT2D eigenvalue weighted by atomic mass is 10.1. The highest BCUT2D eigenvalue weighted by Gasteiger charge is 2.23. The maximum Gasteiger partial charge on any atom is 0.193 e. The SMILES string of the molecule is CN=C(NCCc1ccco1)N1CCC(OCC2CCCC2)CC1.I. The van der Waals surface area contributed by atoms with Gasteiger partial charge < -0.3 is 19.4 Å². The maximum absolute atomic E-state index is 6.16. The van der Waals surface area contributed by atoms with E-state index < -0.39 is 0 Å². The van der Waals surface area contributed by atoms with Crippen LogP contribution in [0.15, 0.2) is 27.8 Å². The number of ether oxygens (including phenoxy) is 1. The van der Waals surface area contributed by atoms with Gasteiger partial charge in [-0.05, 0) is 43.7 Å². The molecule has 6 heteroatoms. The van der Waals surface area contributed by atoms with Crippen molar-refractivity contribution in [1.29, 1.82) is 0 Å². The molecule has 1 aromatic heterocycles. The molecule has 142 valence electrons. The number of aliphatic imine (C=N–C) groups is 1. The molecule has 2 aliphatic rings. The summed E-state index contributed by atoms with van der Waals surface area (Å²) in [5, 5.41) is 3.44. The summed E-state index contributed by atoms with van der Waals surface area (Å²) in [6, 6.07) is 3.94. The van der Waals surface area contributed by atoms with Gasteiger partial charge in [0.2, 0.25) is 0 Å². The van der Waals surface area contributed by atoms with Gasteiger partial charge in [0, 0.05) is 39.7 Å². The normalized spacial score (nSPS) is 19.9. The summed E-state index contributed by atoms with van der Waals surface area (Å²) in [6.07, 6.45) is 10.8. The molecule has 2 fully saturated rings. The van der Waals surface area contributed by atoms with Crippen molar-refractivity contribution in [3.63, 3.8) is 0 Å². The van der Waals surface area contributed by atoms with Crippen LogP contribution in [0.1, 0.15) is 44.3 Å². The van der Waals surface area contributed by atoms with Gasteiger partial charge in [-0.1, -0.05) is 12.8 Å². The molecule has 3 rings (SSSR count). The molecule has 1 aliphatic carbocycles. The van der Waals surface area contributed by atoms with E-state index in [9.17, 15) is 0 Å². The highest BCUT2D eigenvalue weighted by atomic mass is 127. The lowest BCUT2D eigenvalue weighted by molar-refractivity contribution is 0.00103. The lowest BCUT2D eigenvalue weighted by Gasteiger charge is -2.34. The first-order valence-electron chi connectivity index (χ1n) is 9.44. The van der Waals surface area contributed by atoms with E-state index in [1.807, 2.05) is 19.2 Å². The van der Waals surface area contributed by atoms with Gasteiger partial charge in [-0.15, -0.1) is 24.0 Å². The first-order chi connectivity index (χ1) is 11.8. The largest absolute Gasteiger partial charge is 0.469 e. The topological polar surface area (TPSA) is 50.0 Å². The highest BCUT2D eigenvalue weighted by Crippen LogP contribution is 2.26. The number of nitrogens with zero attached hydrogens (tertiary/aromatic N) is 2. The Morgan fingerprint density at radius 1 is 1.28 bits per heavy atom. The third kappa shape index (κ3) is 6.47. The molecular formula is C19H32IN3O2. The van der Waals surface area contributed by atoms with Crippen LogP contribution in [-0.4, -0.2) is 50.3 Å². The van der Waals surface area contributed by atoms with Crippen LogP contribution in [0.5, 0.6) is 0 Å². The predicted octanol–water partition coefficient (Wildman–Crippen LogP) is 3.69. The molecule has 0 atom stereocenters. The molecule has 0 radical (unpaired) electrons. The Hall–Kier alpha value is -0.760. The van der Waals surface area contributed by atoms with Gasteiger partial charge in [-0.3, -0.25) is 4.99 Å². The zero-order chi connectivity index (χ0) is 16.6. The number of rotatable bonds is 6. The number of nitrogens with one attached hydrogen (secondary N) is 1. The highest BCUT2D eigenvalue weighted by molar-refractivity contribution is 14.0. The fourth-order valence-corrected chi connectivity index (χ4v) is 3.77. The number of hydrogen-bond donors (Lipinski definition) is 1. The fourth-order valence-electron chi connectivity index (χ4n) is 3.77. The number of halogens is 1. The van der Waals surface area contributed by atoms with Gasteiger partial charge in [-0.2, -0.15) is 0 Å². The summed E-state index contributed by atoms with van der Waals surface area (Å²) >= 11 is 0. The molecule has 1 saturated carbocycles. The Kier molecular flexibility index (Phi) is 9.09. The molecule has 0 spiro atoms. The second kappa shape index (κ2) is 11.1. The van der Waals surface area contributed by atoms with Crippen LogP contribution >= 0.6 is 24.0 Å². The van der Waals surface area contributed by atoms with E-state index in [2.05, 4.69) is 15.2 Å². The van der Waals surface area contributed by atoms with E-state index in [0.29, 0.717) is 6.10 Å². The van der Waals surface area contributed by atoms with E-state index in [1.54, 1.807) is 6.26 Å². The van der Waals surface area contributed by atoms with Gasteiger partial charge >= 0.3 is 0 Å². The van der Waals surface area contributed by atoms with Crippen LogP contribution in [0, 0.1) is 5.92 Å². The first-order valence-corrected chi connectivity index (χ1v) is 9.44. The molecule has 25 heavy (non-hydrogen) atoms. The maximum atomic E-state index is 6.16. The molecule has 0 aromatic carbocycles. The van der Waals surface area contributed by atoms with Crippen molar-refractivity contribution in [2.24, 2.45) is 10.9 Å². The predicted molar refractivity (Wildman–Crippen MR) is 112 cm³/mol. The van der Waals surface area contributed by atoms with Crippen molar-refractivity contribution in [2.45, 2.75) is 51.0 Å². The smallest absolute Gasteiger partial charge is 0.193 e. The number of piperidine rings is 1. The van der Waals surface area contributed by atoms with Gasteiger partial charge in [0.1, 0.15) is 5.76 Å². The summed E-state index contributed by atoms with van der Waals surface area (Å²) in [5.74, 6) is 2.83. The van der Waals surface area contributed by atoms with Crippen LogP contribution in [0.25, 0.3) is 0 Å². The van der Waals surface area contributed by atoms with Gasteiger partial charge in [-0.25, -0.2) is 0 Å². The van der Waals surface area contributed by atoms with Crippen LogP contribution in [0.3, 0.4) is 0 Å². The van der Waals surface area contributed by atoms with E-state index in [-0.39, 0.29) is 24.0 Å². The molecule has 0 amide bonds. The van der Waals surface area contributed by atoms with Crippen molar-refractivity contribution in [3.05, 3.63) is 24.2 Å². The summed E-state index contributed by atoms with van der Waals surface area (Å²) < 4.78 is 11.5. The van der Waals surface area contributed by atoms with E-state index in [1.165, 1.54) is 25.7 Å². The van der Waals surface area contributed by atoms with Crippen LogP contribution in [0.4, 0.5) is 0 Å². The molecule has 0 unspecified atom stereocenters. The third-order valence-corrected chi connectivity index (χ3v) is 5.23. The zero-order valence-corrected chi connectivity index (χ0v) is 17.6.